The van der Waals surface area contributed by atoms with Crippen LogP contribution >= 0.6 is 0 Å². The first-order valence-corrected chi connectivity index (χ1v) is 13.5. The quantitative estimate of drug-likeness (QED) is 0.118. The summed E-state index contributed by atoms with van der Waals surface area (Å²) in [7, 11) is 5.47. The summed E-state index contributed by atoms with van der Waals surface area (Å²) in [6.45, 7) is 16.0. The van der Waals surface area contributed by atoms with E-state index in [4.69, 9.17) is 4.74 Å². The zero-order chi connectivity index (χ0) is 28.1. The number of rotatable bonds is 14. The van der Waals surface area contributed by atoms with Gasteiger partial charge in [0.2, 0.25) is 5.91 Å². The number of allylic oxidation sites excluding steroid dienone is 3. The molecular formula is C31H47N5O2. The van der Waals surface area contributed by atoms with Gasteiger partial charge in [0.05, 0.1) is 37.1 Å². The first kappa shape index (κ1) is 30.9. The number of aliphatic imine (C=N–C) groups is 1. The largest absolute Gasteiger partial charge is 0.494 e. The molecule has 3 fully saturated rings. The van der Waals surface area contributed by atoms with Gasteiger partial charge in [-0.3, -0.25) is 9.79 Å². The summed E-state index contributed by atoms with van der Waals surface area (Å²) in [5.41, 5.74) is 5.33. The van der Waals surface area contributed by atoms with Crippen LogP contribution < -0.4 is 25.6 Å². The lowest BCUT2D eigenvalue weighted by Crippen LogP contribution is -2.48. The van der Waals surface area contributed by atoms with E-state index in [0.29, 0.717) is 23.7 Å². The van der Waals surface area contributed by atoms with E-state index in [0.717, 1.165) is 36.2 Å². The summed E-state index contributed by atoms with van der Waals surface area (Å²) in [5.74, 6) is 1.54. The molecule has 3 N–H and O–H groups in total. The van der Waals surface area contributed by atoms with E-state index in [1.54, 1.807) is 32.7 Å². The van der Waals surface area contributed by atoms with E-state index in [2.05, 4.69) is 54.0 Å². The molecule has 3 saturated carbocycles. The van der Waals surface area contributed by atoms with Gasteiger partial charge in [-0.05, 0) is 74.3 Å². The average molecular weight is 522 g/mol. The predicted octanol–water partition coefficient (Wildman–Crippen LogP) is 6.19. The van der Waals surface area contributed by atoms with Gasteiger partial charge in [0, 0.05) is 26.2 Å². The summed E-state index contributed by atoms with van der Waals surface area (Å²) < 4.78 is 5.58. The van der Waals surface area contributed by atoms with Gasteiger partial charge in [-0.15, -0.1) is 0 Å². The van der Waals surface area contributed by atoms with Gasteiger partial charge in [-0.1, -0.05) is 45.2 Å². The maximum absolute atomic E-state index is 12.0. The van der Waals surface area contributed by atoms with Crippen LogP contribution in [0.15, 0.2) is 65.7 Å². The Morgan fingerprint density at radius 1 is 1.21 bits per heavy atom. The Morgan fingerprint density at radius 2 is 1.89 bits per heavy atom. The molecule has 0 heterocycles. The zero-order valence-corrected chi connectivity index (χ0v) is 24.2. The van der Waals surface area contributed by atoms with Gasteiger partial charge in [0.25, 0.3) is 0 Å². The van der Waals surface area contributed by atoms with E-state index in [1.807, 2.05) is 50.2 Å². The molecule has 0 radical (unpaired) electrons. The van der Waals surface area contributed by atoms with Gasteiger partial charge >= 0.3 is 0 Å². The minimum atomic E-state index is -0.281. The van der Waals surface area contributed by atoms with E-state index in [-0.39, 0.29) is 5.91 Å². The molecule has 0 atom stereocenters. The van der Waals surface area contributed by atoms with Crippen LogP contribution in [0.5, 0.6) is 5.75 Å². The van der Waals surface area contributed by atoms with Crippen LogP contribution in [0.3, 0.4) is 0 Å². The minimum Gasteiger partial charge on any atom is -0.494 e. The third-order valence-electron chi connectivity index (χ3n) is 7.21. The number of carbonyl (C=O) groups is 1. The second kappa shape index (κ2) is 15.2. The summed E-state index contributed by atoms with van der Waals surface area (Å²) in [5, 5.41) is 9.18. The molecule has 7 heteroatoms. The standard InChI is InChI=1S/C25H37N5O2.C6H10/c1-8-19(9-2)14-20(10-3)17-27-18-28-22-15-21(29-25(31)11-4)23(16-24(22)32-7)30(6)13-12-26-5;1-6-2-5(3-6)4-6/h8,10-11,14-16,18,26H,1,4,9,12-13,17H2,2-3,5-7H3,(H,27,28)(H,29,31);5H,2-4H2,1H3/b19-14-,20-10+;. The molecule has 0 aliphatic heterocycles. The van der Waals surface area contributed by atoms with Crippen molar-refractivity contribution in [1.29, 1.82) is 0 Å². The number of methoxy groups -OCH3 is 1. The maximum atomic E-state index is 12.0. The van der Waals surface area contributed by atoms with Crippen LogP contribution in [0.1, 0.15) is 46.5 Å². The van der Waals surface area contributed by atoms with Gasteiger partial charge < -0.3 is 25.6 Å². The predicted molar refractivity (Wildman–Crippen MR) is 164 cm³/mol. The van der Waals surface area contributed by atoms with Gasteiger partial charge in [-0.25, -0.2) is 0 Å². The Balaban J connectivity index is 0.000000722. The Labute approximate surface area is 229 Å². The lowest BCUT2D eigenvalue weighted by atomic mass is 9.46. The molecule has 1 aromatic rings. The Morgan fingerprint density at radius 3 is 2.37 bits per heavy atom. The van der Waals surface area contributed by atoms with E-state index in [9.17, 15) is 4.79 Å². The highest BCUT2D eigenvalue weighted by Crippen LogP contribution is 2.63. The molecule has 1 amide bonds. The molecule has 3 aliphatic carbocycles. The van der Waals surface area contributed by atoms with Gasteiger partial charge in [0.1, 0.15) is 5.75 Å². The first-order chi connectivity index (χ1) is 18.2. The van der Waals surface area contributed by atoms with Crippen molar-refractivity contribution in [3.63, 3.8) is 0 Å². The number of nitrogens with one attached hydrogen (secondary N) is 3. The second-order valence-corrected chi connectivity index (χ2v) is 10.3. The Kier molecular flexibility index (Phi) is 12.3. The van der Waals surface area contributed by atoms with E-state index in [1.165, 1.54) is 17.6 Å². The van der Waals surface area contributed by atoms with Gasteiger partial charge in [0.15, 0.2) is 0 Å². The molecule has 38 heavy (non-hydrogen) atoms. The van der Waals surface area contributed by atoms with Crippen LogP contribution in [-0.4, -0.2) is 53.1 Å². The molecule has 0 spiro atoms. The van der Waals surface area contributed by atoms with Crippen LogP contribution in [0.2, 0.25) is 0 Å². The molecule has 2 bridgehead atoms. The number of carbonyl (C=O) groups excluding carboxylic acids is 1. The van der Waals surface area contributed by atoms with Crippen molar-refractivity contribution in [3.05, 3.63) is 60.7 Å². The third-order valence-corrected chi connectivity index (χ3v) is 7.21. The number of likely N-dealkylation sites (N-methyl/N-ethyl adjacent to an activating group) is 2. The normalized spacial score (nSPS) is 19.9. The van der Waals surface area contributed by atoms with Crippen molar-refractivity contribution in [2.24, 2.45) is 16.3 Å². The number of benzene rings is 1. The summed E-state index contributed by atoms with van der Waals surface area (Å²) >= 11 is 0. The highest BCUT2D eigenvalue weighted by Gasteiger charge is 2.52. The van der Waals surface area contributed by atoms with Crippen molar-refractivity contribution in [2.75, 3.05) is 56.4 Å². The number of ether oxygens (including phenoxy) is 1. The van der Waals surface area contributed by atoms with Crippen molar-refractivity contribution >= 4 is 29.3 Å². The van der Waals surface area contributed by atoms with Crippen LogP contribution in [-0.2, 0) is 4.79 Å². The Hall–Kier alpha value is -3.32. The molecule has 7 nitrogen and oxygen atoms in total. The fraction of sp³-hybridized carbons (Fsp3) is 0.484. The lowest BCUT2D eigenvalue weighted by Gasteiger charge is -2.60. The zero-order valence-electron chi connectivity index (χ0n) is 24.2. The van der Waals surface area contributed by atoms with Crippen molar-refractivity contribution in [2.45, 2.75) is 46.5 Å². The molecule has 208 valence electrons. The van der Waals surface area contributed by atoms with Crippen LogP contribution in [0.25, 0.3) is 0 Å². The molecule has 1 aromatic carbocycles. The number of anilines is 3. The molecule has 4 rings (SSSR count). The highest BCUT2D eigenvalue weighted by atomic mass is 16.5. The molecule has 0 aromatic heterocycles. The fourth-order valence-corrected chi connectivity index (χ4v) is 4.79. The van der Waals surface area contributed by atoms with Crippen molar-refractivity contribution in [3.8, 4) is 5.75 Å². The topological polar surface area (TPSA) is 78.0 Å². The van der Waals surface area contributed by atoms with Gasteiger partial charge in [-0.2, -0.15) is 0 Å². The monoisotopic (exact) mass is 521 g/mol. The number of amides is 1. The lowest BCUT2D eigenvalue weighted by molar-refractivity contribution is -0.111. The smallest absolute Gasteiger partial charge is 0.247 e. The second-order valence-electron chi connectivity index (χ2n) is 10.3. The SMILES string of the molecule is C=CC(=O)Nc1cc(NC=NCC(/C=C(/C=C)CC)=C/C)c(OC)cc1N(C)CCNC.CC12CC(C1)C2. The fourth-order valence-electron chi connectivity index (χ4n) is 4.79. The third kappa shape index (κ3) is 8.91. The molecule has 0 unspecified atom stereocenters. The number of nitrogens with zero attached hydrogens (tertiary/aromatic N) is 2. The van der Waals surface area contributed by atoms with Crippen molar-refractivity contribution in [1.82, 2.24) is 5.32 Å². The number of hydrogen-bond acceptors (Lipinski definition) is 5. The van der Waals surface area contributed by atoms with Crippen molar-refractivity contribution < 1.29 is 9.53 Å². The van der Waals surface area contributed by atoms with Crippen LogP contribution in [0.4, 0.5) is 17.1 Å². The highest BCUT2D eigenvalue weighted by molar-refractivity contribution is 6.02. The first-order valence-electron chi connectivity index (χ1n) is 13.5. The summed E-state index contributed by atoms with van der Waals surface area (Å²) in [4.78, 5) is 18.5. The van der Waals surface area contributed by atoms with E-state index >= 15 is 0 Å². The summed E-state index contributed by atoms with van der Waals surface area (Å²) in [6, 6.07) is 3.73. The Bertz CT molecular complexity index is 1040. The molecule has 0 saturated heterocycles. The maximum Gasteiger partial charge on any atom is 0.247 e. The number of hydrogen-bond donors (Lipinski definition) is 3. The minimum absolute atomic E-state index is 0.281. The van der Waals surface area contributed by atoms with Crippen LogP contribution in [0, 0.1) is 11.3 Å². The molecular weight excluding hydrogens is 474 g/mol. The average Bonchev–Trinajstić information content (AvgIpc) is 2.89. The molecule has 3 aliphatic rings. The van der Waals surface area contributed by atoms with E-state index < -0.39 is 0 Å². The summed E-state index contributed by atoms with van der Waals surface area (Å²) in [6.07, 6.45) is 14.5.